The second-order valence-corrected chi connectivity index (χ2v) is 11.7. The van der Waals surface area contributed by atoms with Gasteiger partial charge in [0, 0.05) is 49.5 Å². The molecule has 224 valence electrons. The first-order chi connectivity index (χ1) is 19.3. The molecule has 0 amide bonds. The van der Waals surface area contributed by atoms with E-state index in [9.17, 15) is 22.8 Å². The number of rotatable bonds is 10. The molecule has 9 heteroatoms. The first-order valence-electron chi connectivity index (χ1n) is 14.8. The molecule has 0 atom stereocenters. The number of carbonyl (C=O) groups excluding carboxylic acids is 2. The van der Waals surface area contributed by atoms with Gasteiger partial charge in [0.25, 0.3) is 0 Å². The Labute approximate surface area is 241 Å². The number of hydrogen-bond donors (Lipinski definition) is 0. The number of aromatic nitrogens is 2. The third kappa shape index (κ3) is 6.76. The molecule has 0 bridgehead atoms. The van der Waals surface area contributed by atoms with E-state index in [2.05, 4.69) is 23.0 Å². The van der Waals surface area contributed by atoms with E-state index in [0.29, 0.717) is 37.8 Å². The molecule has 4 rings (SSSR count). The molecule has 0 unspecified atom stereocenters. The van der Waals surface area contributed by atoms with Crippen molar-refractivity contribution in [3.8, 4) is 0 Å². The summed E-state index contributed by atoms with van der Waals surface area (Å²) in [5.74, 6) is 0.116. The number of halogens is 3. The van der Waals surface area contributed by atoms with Crippen molar-refractivity contribution in [3.05, 3.63) is 46.2 Å². The van der Waals surface area contributed by atoms with Gasteiger partial charge in [-0.1, -0.05) is 18.6 Å². The maximum absolute atomic E-state index is 13.7. The van der Waals surface area contributed by atoms with Gasteiger partial charge >= 0.3 is 6.18 Å². The average molecular weight is 573 g/mol. The molecule has 0 radical (unpaired) electrons. The van der Waals surface area contributed by atoms with Crippen LogP contribution in [-0.4, -0.2) is 64.6 Å². The summed E-state index contributed by atoms with van der Waals surface area (Å²) < 4.78 is 40.7. The van der Waals surface area contributed by atoms with Crippen molar-refractivity contribution in [3.63, 3.8) is 0 Å². The van der Waals surface area contributed by atoms with E-state index in [0.717, 1.165) is 58.1 Å². The third-order valence-electron chi connectivity index (χ3n) is 8.93. The molecule has 41 heavy (non-hydrogen) atoms. The van der Waals surface area contributed by atoms with Crippen LogP contribution in [0.2, 0.25) is 0 Å². The summed E-state index contributed by atoms with van der Waals surface area (Å²) in [6, 6.07) is 1.99. The van der Waals surface area contributed by atoms with Gasteiger partial charge < -0.3 is 4.90 Å². The minimum Gasteiger partial charge on any atom is -0.368 e. The van der Waals surface area contributed by atoms with Gasteiger partial charge in [-0.15, -0.1) is 0 Å². The van der Waals surface area contributed by atoms with Crippen molar-refractivity contribution >= 4 is 28.2 Å². The fraction of sp³-hybridized carbons (Fsp3) is 0.594. The van der Waals surface area contributed by atoms with Crippen molar-refractivity contribution in [2.24, 2.45) is 7.05 Å². The maximum atomic E-state index is 13.7. The lowest BCUT2D eigenvalue weighted by molar-refractivity contribution is -0.148. The van der Waals surface area contributed by atoms with Crippen molar-refractivity contribution < 1.29 is 22.8 Å². The van der Waals surface area contributed by atoms with Gasteiger partial charge in [-0.2, -0.15) is 18.3 Å². The zero-order chi connectivity index (χ0) is 30.1. The highest BCUT2D eigenvalue weighted by Crippen LogP contribution is 2.38. The molecule has 0 saturated heterocycles. The second kappa shape index (κ2) is 12.5. The first-order valence-corrected chi connectivity index (χ1v) is 14.8. The smallest absolute Gasteiger partial charge is 0.368 e. The number of allylic oxidation sites excluding steroid dienone is 4. The van der Waals surface area contributed by atoms with Gasteiger partial charge in [-0.05, 0) is 89.1 Å². The van der Waals surface area contributed by atoms with Gasteiger partial charge in [-0.25, -0.2) is 0 Å². The number of ketones is 2. The van der Waals surface area contributed by atoms with Crippen molar-refractivity contribution in [1.82, 2.24) is 14.7 Å². The minimum absolute atomic E-state index is 0.00224. The van der Waals surface area contributed by atoms with Crippen LogP contribution in [0.1, 0.15) is 88.1 Å². The molecule has 1 fully saturated rings. The molecule has 6 nitrogen and oxygen atoms in total. The Balaban J connectivity index is 1.60. The Kier molecular flexibility index (Phi) is 9.46. The summed E-state index contributed by atoms with van der Waals surface area (Å²) in [5, 5.41) is 5.46. The van der Waals surface area contributed by atoms with Crippen LogP contribution in [0.3, 0.4) is 0 Å². The van der Waals surface area contributed by atoms with E-state index in [1.54, 1.807) is 11.7 Å². The number of anilines is 1. The van der Waals surface area contributed by atoms with E-state index < -0.39 is 12.7 Å². The number of aryl methyl sites for hydroxylation is 1. The quantitative estimate of drug-likeness (QED) is 0.284. The second-order valence-electron chi connectivity index (χ2n) is 11.7. The molecule has 1 heterocycles. The summed E-state index contributed by atoms with van der Waals surface area (Å²) in [6.45, 7) is 7.89. The largest absolute Gasteiger partial charge is 0.401 e. The molecular formula is C32H43F3N4O2. The number of nitrogens with zero attached hydrogens (tertiary/aromatic N) is 4. The fourth-order valence-electron chi connectivity index (χ4n) is 6.82. The Morgan fingerprint density at radius 1 is 1.12 bits per heavy atom. The zero-order valence-corrected chi connectivity index (χ0v) is 25.2. The van der Waals surface area contributed by atoms with E-state index in [1.807, 2.05) is 40.1 Å². The molecule has 0 spiro atoms. The molecule has 0 aliphatic heterocycles. The highest BCUT2D eigenvalue weighted by Gasteiger charge is 2.35. The summed E-state index contributed by atoms with van der Waals surface area (Å²) in [7, 11) is 3.42. The van der Waals surface area contributed by atoms with Gasteiger partial charge in [0.15, 0.2) is 11.6 Å². The van der Waals surface area contributed by atoms with E-state index in [-0.39, 0.29) is 30.1 Å². The van der Waals surface area contributed by atoms with Crippen molar-refractivity contribution in [1.29, 1.82) is 0 Å². The minimum atomic E-state index is -4.20. The summed E-state index contributed by atoms with van der Waals surface area (Å²) in [5.41, 5.74) is 6.24. The predicted octanol–water partition coefficient (Wildman–Crippen LogP) is 7.10. The SMILES string of the molecule is CCC1=C(CCC(=O)c2cc3c(cnn3C)c(N(CC)C3CCC(N(C)CC(F)(F)F)CC3)c2C)C(=O)CC(C)=C1. The lowest BCUT2D eigenvalue weighted by atomic mass is 9.86. The average Bonchev–Trinajstić information content (AvgIpc) is 3.28. The van der Waals surface area contributed by atoms with Crippen LogP contribution in [-0.2, 0) is 11.8 Å². The van der Waals surface area contributed by atoms with Gasteiger partial charge in [0.2, 0.25) is 0 Å². The van der Waals surface area contributed by atoms with Crippen LogP contribution in [0.5, 0.6) is 0 Å². The summed E-state index contributed by atoms with van der Waals surface area (Å²) in [6.07, 6.45) is 4.52. The number of benzene rings is 1. The Bertz CT molecular complexity index is 1360. The molecular weight excluding hydrogens is 529 g/mol. The summed E-state index contributed by atoms with van der Waals surface area (Å²) in [4.78, 5) is 30.3. The van der Waals surface area contributed by atoms with E-state index in [1.165, 1.54) is 4.90 Å². The number of alkyl halides is 3. The fourth-order valence-corrected chi connectivity index (χ4v) is 6.82. The number of hydrogen-bond acceptors (Lipinski definition) is 5. The maximum Gasteiger partial charge on any atom is 0.401 e. The van der Waals surface area contributed by atoms with Crippen LogP contribution in [0.4, 0.5) is 18.9 Å². The van der Waals surface area contributed by atoms with Gasteiger partial charge in [-0.3, -0.25) is 19.2 Å². The Morgan fingerprint density at radius 3 is 2.39 bits per heavy atom. The van der Waals surface area contributed by atoms with E-state index in [4.69, 9.17) is 0 Å². The van der Waals surface area contributed by atoms with Crippen molar-refractivity contribution in [2.45, 2.75) is 97.3 Å². The molecule has 1 aromatic carbocycles. The number of carbonyl (C=O) groups is 2. The van der Waals surface area contributed by atoms with Crippen LogP contribution in [0.15, 0.2) is 35.1 Å². The van der Waals surface area contributed by atoms with Crippen LogP contribution >= 0.6 is 0 Å². The van der Waals surface area contributed by atoms with Gasteiger partial charge in [0.05, 0.1) is 23.9 Å². The lowest BCUT2D eigenvalue weighted by Gasteiger charge is -2.41. The molecule has 0 N–H and O–H groups in total. The topological polar surface area (TPSA) is 58.4 Å². The standard InChI is InChI=1S/C32H43F3N4O2/c1-7-22-15-20(3)16-30(41)25(22)13-14-29(40)26-17-28-27(18-36-38(28)6)31(21(26)4)39(8-2)24-11-9-23(10-12-24)37(5)19-32(33,34)35/h15,17-18,23-24H,7-14,16,19H2,1-6H3. The van der Waals surface area contributed by atoms with Crippen LogP contribution < -0.4 is 4.90 Å². The first kappa shape index (κ1) is 31.0. The predicted molar refractivity (Wildman–Crippen MR) is 157 cm³/mol. The third-order valence-corrected chi connectivity index (χ3v) is 8.93. The lowest BCUT2D eigenvalue weighted by Crippen LogP contribution is -2.45. The zero-order valence-electron chi connectivity index (χ0n) is 25.2. The molecule has 2 aliphatic carbocycles. The van der Waals surface area contributed by atoms with Crippen LogP contribution in [0, 0.1) is 6.92 Å². The van der Waals surface area contributed by atoms with Crippen molar-refractivity contribution in [2.75, 3.05) is 25.0 Å². The number of fused-ring (bicyclic) bond motifs is 1. The van der Waals surface area contributed by atoms with Crippen LogP contribution in [0.25, 0.3) is 10.9 Å². The highest BCUT2D eigenvalue weighted by molar-refractivity contribution is 6.07. The molecule has 1 saturated carbocycles. The Morgan fingerprint density at radius 2 is 1.78 bits per heavy atom. The normalized spacial score (nSPS) is 20.2. The van der Waals surface area contributed by atoms with E-state index >= 15 is 0 Å². The van der Waals surface area contributed by atoms with Gasteiger partial charge in [0.1, 0.15) is 0 Å². The molecule has 2 aromatic rings. The highest BCUT2D eigenvalue weighted by atomic mass is 19.4. The molecule has 1 aromatic heterocycles. The molecule has 2 aliphatic rings. The Hall–Kier alpha value is -2.94. The monoisotopic (exact) mass is 572 g/mol. The summed E-state index contributed by atoms with van der Waals surface area (Å²) >= 11 is 0. The number of Topliss-reactive ketones (excluding diaryl/α,β-unsaturated/α-hetero) is 2.